The molecule has 1 amide bonds. The smallest absolute Gasteiger partial charge is 0.243 e. The number of nitrogens with zero attached hydrogens (tertiary/aromatic N) is 1. The van der Waals surface area contributed by atoms with Crippen LogP contribution in [-0.4, -0.2) is 45.9 Å². The van der Waals surface area contributed by atoms with Gasteiger partial charge in [0.2, 0.25) is 15.9 Å². The lowest BCUT2D eigenvalue weighted by Crippen LogP contribution is -2.43. The van der Waals surface area contributed by atoms with Crippen molar-refractivity contribution in [2.75, 3.05) is 32.6 Å². The predicted octanol–water partition coefficient (Wildman–Crippen LogP) is 3.36. The predicted molar refractivity (Wildman–Crippen MR) is 116 cm³/mol. The van der Waals surface area contributed by atoms with Crippen molar-refractivity contribution in [2.45, 2.75) is 31.6 Å². The Kier molecular flexibility index (Phi) is 6.67. The van der Waals surface area contributed by atoms with Gasteiger partial charge in [0.1, 0.15) is 11.5 Å². The zero-order valence-electron chi connectivity index (χ0n) is 17.8. The second-order valence-corrected chi connectivity index (χ2v) is 9.46. The molecule has 1 aliphatic rings. The van der Waals surface area contributed by atoms with Gasteiger partial charge in [-0.2, -0.15) is 4.31 Å². The van der Waals surface area contributed by atoms with Crippen LogP contribution in [0.25, 0.3) is 0 Å². The van der Waals surface area contributed by atoms with Crippen molar-refractivity contribution in [1.29, 1.82) is 0 Å². The molecule has 0 bridgehead atoms. The molecular weight excluding hydrogens is 404 g/mol. The summed E-state index contributed by atoms with van der Waals surface area (Å²) in [7, 11) is -0.598. The average molecular weight is 433 g/mol. The summed E-state index contributed by atoms with van der Waals surface area (Å²) in [6, 6.07) is 10.3. The molecule has 1 aliphatic heterocycles. The number of ether oxygens (including phenoxy) is 2. The fourth-order valence-corrected chi connectivity index (χ4v) is 5.30. The maximum Gasteiger partial charge on any atom is 0.243 e. The van der Waals surface area contributed by atoms with E-state index in [2.05, 4.69) is 5.32 Å². The standard InChI is InChI=1S/C22H28N2O5S/c1-15-7-9-21(29-4)19(12-15)23-22(25)17-6-5-11-24(14-17)30(26,27)18-8-10-20(28-3)16(2)13-18/h7-10,12-13,17H,5-6,11,14H2,1-4H3,(H,23,25)/t17-/m1/s1. The average Bonchev–Trinajstić information content (AvgIpc) is 2.74. The first kappa shape index (κ1) is 22.1. The molecule has 2 aromatic rings. The van der Waals surface area contributed by atoms with Gasteiger partial charge in [0.15, 0.2) is 0 Å². The van der Waals surface area contributed by atoms with Crippen LogP contribution in [-0.2, 0) is 14.8 Å². The van der Waals surface area contributed by atoms with Crippen LogP contribution in [0.1, 0.15) is 24.0 Å². The third kappa shape index (κ3) is 4.60. The van der Waals surface area contributed by atoms with E-state index in [0.717, 1.165) is 11.1 Å². The van der Waals surface area contributed by atoms with Crippen molar-refractivity contribution < 1.29 is 22.7 Å². The maximum absolute atomic E-state index is 13.1. The molecule has 162 valence electrons. The summed E-state index contributed by atoms with van der Waals surface area (Å²) < 4.78 is 38.2. The maximum atomic E-state index is 13.1. The van der Waals surface area contributed by atoms with Gasteiger partial charge in [-0.3, -0.25) is 4.79 Å². The van der Waals surface area contributed by atoms with Gasteiger partial charge in [-0.25, -0.2) is 8.42 Å². The number of carbonyl (C=O) groups excluding carboxylic acids is 1. The Balaban J connectivity index is 1.77. The number of anilines is 1. The Bertz CT molecular complexity index is 1040. The monoisotopic (exact) mass is 432 g/mol. The number of carbonyl (C=O) groups is 1. The normalized spacial score (nSPS) is 17.4. The Morgan fingerprint density at radius 2 is 1.77 bits per heavy atom. The zero-order valence-corrected chi connectivity index (χ0v) is 18.6. The van der Waals surface area contributed by atoms with E-state index in [-0.39, 0.29) is 17.3 Å². The summed E-state index contributed by atoms with van der Waals surface area (Å²) in [6.45, 7) is 4.28. The lowest BCUT2D eigenvalue weighted by atomic mass is 9.98. The summed E-state index contributed by atoms with van der Waals surface area (Å²) in [5, 5.41) is 2.91. The zero-order chi connectivity index (χ0) is 21.9. The summed E-state index contributed by atoms with van der Waals surface area (Å²) in [5.41, 5.74) is 2.33. The highest BCUT2D eigenvalue weighted by molar-refractivity contribution is 7.89. The first-order valence-electron chi connectivity index (χ1n) is 9.86. The number of rotatable bonds is 6. The molecule has 0 radical (unpaired) electrons. The molecule has 7 nitrogen and oxygen atoms in total. The number of benzene rings is 2. The fourth-order valence-electron chi connectivity index (χ4n) is 3.69. The van der Waals surface area contributed by atoms with Crippen molar-refractivity contribution >= 4 is 21.6 Å². The van der Waals surface area contributed by atoms with E-state index in [4.69, 9.17) is 9.47 Å². The van der Waals surface area contributed by atoms with Crippen LogP contribution in [0.4, 0.5) is 5.69 Å². The highest BCUT2D eigenvalue weighted by Gasteiger charge is 2.33. The van der Waals surface area contributed by atoms with Gasteiger partial charge in [-0.15, -0.1) is 0 Å². The Labute approximate surface area is 178 Å². The molecule has 0 aliphatic carbocycles. The Hall–Kier alpha value is -2.58. The summed E-state index contributed by atoms with van der Waals surface area (Å²) in [6.07, 6.45) is 1.25. The summed E-state index contributed by atoms with van der Waals surface area (Å²) >= 11 is 0. The van der Waals surface area contributed by atoms with Gasteiger partial charge < -0.3 is 14.8 Å². The molecule has 1 fully saturated rings. The second-order valence-electron chi connectivity index (χ2n) is 7.53. The molecule has 0 unspecified atom stereocenters. The van der Waals surface area contributed by atoms with E-state index in [0.29, 0.717) is 36.6 Å². The molecule has 1 saturated heterocycles. The van der Waals surface area contributed by atoms with E-state index >= 15 is 0 Å². The molecule has 3 rings (SSSR count). The van der Waals surface area contributed by atoms with Crippen molar-refractivity contribution in [3.8, 4) is 11.5 Å². The van der Waals surface area contributed by atoms with Crippen molar-refractivity contribution in [3.05, 3.63) is 47.5 Å². The molecule has 8 heteroatoms. The molecule has 0 saturated carbocycles. The van der Waals surface area contributed by atoms with Crippen LogP contribution in [0.15, 0.2) is 41.3 Å². The number of hydrogen-bond acceptors (Lipinski definition) is 5. The van der Waals surface area contributed by atoms with Crippen LogP contribution in [0.3, 0.4) is 0 Å². The topological polar surface area (TPSA) is 84.9 Å². The van der Waals surface area contributed by atoms with Crippen LogP contribution in [0.5, 0.6) is 11.5 Å². The minimum absolute atomic E-state index is 0.146. The molecule has 1 heterocycles. The van der Waals surface area contributed by atoms with E-state index in [1.165, 1.54) is 4.31 Å². The van der Waals surface area contributed by atoms with Crippen molar-refractivity contribution in [3.63, 3.8) is 0 Å². The second kappa shape index (κ2) is 9.06. The van der Waals surface area contributed by atoms with Crippen LogP contribution < -0.4 is 14.8 Å². The van der Waals surface area contributed by atoms with Gasteiger partial charge in [0, 0.05) is 13.1 Å². The molecule has 30 heavy (non-hydrogen) atoms. The molecule has 1 atom stereocenters. The number of piperidine rings is 1. The first-order valence-corrected chi connectivity index (χ1v) is 11.3. The number of aryl methyl sites for hydroxylation is 2. The Morgan fingerprint density at radius 3 is 2.43 bits per heavy atom. The van der Waals surface area contributed by atoms with Crippen molar-refractivity contribution in [2.24, 2.45) is 5.92 Å². The minimum atomic E-state index is -3.70. The largest absolute Gasteiger partial charge is 0.496 e. The first-order chi connectivity index (χ1) is 14.3. The summed E-state index contributed by atoms with van der Waals surface area (Å²) in [5.74, 6) is 0.572. The SMILES string of the molecule is COc1ccc(S(=O)(=O)N2CCC[C@@H](C(=O)Nc3cc(C)ccc3OC)C2)cc1C. The number of methoxy groups -OCH3 is 2. The third-order valence-electron chi connectivity index (χ3n) is 5.37. The quantitative estimate of drug-likeness (QED) is 0.757. The number of amides is 1. The Morgan fingerprint density at radius 1 is 1.07 bits per heavy atom. The van der Waals surface area contributed by atoms with E-state index in [1.807, 2.05) is 19.1 Å². The summed E-state index contributed by atoms with van der Waals surface area (Å²) in [4.78, 5) is 13.1. The number of nitrogens with one attached hydrogen (secondary N) is 1. The number of sulfonamides is 1. The number of hydrogen-bond donors (Lipinski definition) is 1. The fraction of sp³-hybridized carbons (Fsp3) is 0.409. The van der Waals surface area contributed by atoms with Crippen LogP contribution in [0, 0.1) is 19.8 Å². The van der Waals surface area contributed by atoms with Crippen molar-refractivity contribution in [1.82, 2.24) is 4.31 Å². The van der Waals surface area contributed by atoms with Gasteiger partial charge in [0.25, 0.3) is 0 Å². The highest BCUT2D eigenvalue weighted by atomic mass is 32.2. The molecule has 2 aromatic carbocycles. The minimum Gasteiger partial charge on any atom is -0.496 e. The lowest BCUT2D eigenvalue weighted by molar-refractivity contribution is -0.120. The van der Waals surface area contributed by atoms with Gasteiger partial charge >= 0.3 is 0 Å². The molecular formula is C22H28N2O5S. The van der Waals surface area contributed by atoms with E-state index in [1.54, 1.807) is 45.4 Å². The van der Waals surface area contributed by atoms with E-state index < -0.39 is 15.9 Å². The van der Waals surface area contributed by atoms with Crippen LogP contribution >= 0.6 is 0 Å². The van der Waals surface area contributed by atoms with Crippen LogP contribution in [0.2, 0.25) is 0 Å². The molecule has 0 aromatic heterocycles. The molecule has 1 N–H and O–H groups in total. The van der Waals surface area contributed by atoms with Gasteiger partial charge in [-0.05, 0) is 68.1 Å². The highest BCUT2D eigenvalue weighted by Crippen LogP contribution is 2.29. The third-order valence-corrected chi connectivity index (χ3v) is 7.23. The molecule has 0 spiro atoms. The van der Waals surface area contributed by atoms with Gasteiger partial charge in [-0.1, -0.05) is 6.07 Å². The van der Waals surface area contributed by atoms with Gasteiger partial charge in [0.05, 0.1) is 30.7 Å². The van der Waals surface area contributed by atoms with E-state index in [9.17, 15) is 13.2 Å². The lowest BCUT2D eigenvalue weighted by Gasteiger charge is -2.31.